The molecule has 0 aromatic carbocycles. The summed E-state index contributed by atoms with van der Waals surface area (Å²) in [6, 6.07) is 0. The highest BCUT2D eigenvalue weighted by Crippen LogP contribution is 2.61. The van der Waals surface area contributed by atoms with Gasteiger partial charge >= 0.3 is 0 Å². The van der Waals surface area contributed by atoms with Crippen molar-refractivity contribution in [1.29, 1.82) is 0 Å². The second-order valence-electron chi connectivity index (χ2n) is 8.22. The molecule has 1 fully saturated rings. The van der Waals surface area contributed by atoms with Gasteiger partial charge in [0, 0.05) is 12.3 Å². The summed E-state index contributed by atoms with van der Waals surface area (Å²) in [5.74, 6) is 3.63. The van der Waals surface area contributed by atoms with Gasteiger partial charge in [-0.05, 0) is 53.6 Å². The molecule has 3 aliphatic carbocycles. The Hall–Kier alpha value is -1.00. The minimum absolute atomic E-state index is 0.210. The smallest absolute Gasteiger partial charge is 0.0767 e. The van der Waals surface area contributed by atoms with Crippen LogP contribution in [0, 0.1) is 35.0 Å². The lowest BCUT2D eigenvalue weighted by molar-refractivity contribution is 0.0210. The monoisotopic (exact) mass is 284 g/mol. The highest BCUT2D eigenvalue weighted by Gasteiger charge is 2.51. The highest BCUT2D eigenvalue weighted by molar-refractivity contribution is 5.44. The van der Waals surface area contributed by atoms with Gasteiger partial charge in [0.05, 0.1) is 6.10 Å². The van der Waals surface area contributed by atoms with Crippen molar-refractivity contribution < 1.29 is 5.11 Å². The first-order valence-corrected chi connectivity index (χ1v) is 8.42. The zero-order valence-electron chi connectivity index (χ0n) is 13.7. The van der Waals surface area contributed by atoms with Crippen LogP contribution >= 0.6 is 0 Å². The predicted octanol–water partition coefficient (Wildman–Crippen LogP) is 4.48. The fourth-order valence-corrected chi connectivity index (χ4v) is 5.31. The maximum absolute atomic E-state index is 10.5. The van der Waals surface area contributed by atoms with Crippen molar-refractivity contribution in [3.63, 3.8) is 0 Å². The molecule has 0 heterocycles. The van der Waals surface area contributed by atoms with Gasteiger partial charge in [0.15, 0.2) is 0 Å². The van der Waals surface area contributed by atoms with Crippen molar-refractivity contribution in [1.82, 2.24) is 0 Å². The molecule has 21 heavy (non-hydrogen) atoms. The van der Waals surface area contributed by atoms with Crippen LogP contribution in [-0.4, -0.2) is 11.2 Å². The van der Waals surface area contributed by atoms with Crippen LogP contribution in [0.5, 0.6) is 0 Å². The summed E-state index contributed by atoms with van der Waals surface area (Å²) < 4.78 is 0. The van der Waals surface area contributed by atoms with Gasteiger partial charge in [0.2, 0.25) is 0 Å². The third-order valence-corrected chi connectivity index (χ3v) is 6.47. The zero-order chi connectivity index (χ0) is 15.3. The molecule has 1 nitrogen and oxygen atoms in total. The molecule has 0 spiro atoms. The first-order valence-electron chi connectivity index (χ1n) is 8.42. The molecular weight excluding hydrogens is 256 g/mol. The van der Waals surface area contributed by atoms with E-state index in [1.54, 1.807) is 0 Å². The minimum atomic E-state index is -0.367. The zero-order valence-corrected chi connectivity index (χ0v) is 13.7. The van der Waals surface area contributed by atoms with Crippen LogP contribution < -0.4 is 0 Å². The molecule has 0 amide bonds. The van der Waals surface area contributed by atoms with Crippen LogP contribution in [0.2, 0.25) is 0 Å². The second-order valence-corrected chi connectivity index (χ2v) is 8.22. The first-order chi connectivity index (χ1) is 9.88. The molecule has 4 atom stereocenters. The van der Waals surface area contributed by atoms with Gasteiger partial charge in [-0.1, -0.05) is 39.3 Å². The van der Waals surface area contributed by atoms with Gasteiger partial charge in [0.25, 0.3) is 0 Å². The van der Waals surface area contributed by atoms with Crippen molar-refractivity contribution >= 4 is 0 Å². The van der Waals surface area contributed by atoms with Gasteiger partial charge in [-0.2, -0.15) is 0 Å². The van der Waals surface area contributed by atoms with E-state index in [0.29, 0.717) is 17.8 Å². The summed E-state index contributed by atoms with van der Waals surface area (Å²) in [6.07, 6.45) is 16.4. The minimum Gasteiger partial charge on any atom is -0.389 e. The fraction of sp³-hybridized carbons (Fsp3) is 0.700. The van der Waals surface area contributed by atoms with E-state index in [4.69, 9.17) is 6.42 Å². The van der Waals surface area contributed by atoms with E-state index in [2.05, 4.69) is 38.8 Å². The molecule has 0 bridgehead atoms. The second kappa shape index (κ2) is 5.03. The average molecular weight is 284 g/mol. The standard InChI is InChI=1S/C20H28O/c1-5-7-15-12-14-8-9-18-19(2,3)10-6-11-20(18,4)16(14)13-17(15)21/h1,8,13,15,17-18,21H,6-7,9-12H2,2-4H3/t15-,17+,18+,20-/m0/s1. The van der Waals surface area contributed by atoms with E-state index in [0.717, 1.165) is 6.42 Å². The van der Waals surface area contributed by atoms with E-state index < -0.39 is 0 Å². The third kappa shape index (κ3) is 2.29. The topological polar surface area (TPSA) is 20.2 Å². The Morgan fingerprint density at radius 2 is 2.10 bits per heavy atom. The predicted molar refractivity (Wildman–Crippen MR) is 87.6 cm³/mol. The number of aliphatic hydroxyl groups excluding tert-OH is 1. The van der Waals surface area contributed by atoms with Crippen LogP contribution in [0.15, 0.2) is 23.3 Å². The average Bonchev–Trinajstić information content (AvgIpc) is 2.40. The number of fused-ring (bicyclic) bond motifs is 3. The van der Waals surface area contributed by atoms with E-state index in [1.807, 2.05) is 0 Å². The SMILES string of the molecule is C#CC[C@H]1CC2=CC[C@@H]3C(C)(C)CCC[C@@]3(C)C2=C[C@H]1O. The third-order valence-electron chi connectivity index (χ3n) is 6.47. The molecule has 1 saturated carbocycles. The summed E-state index contributed by atoms with van der Waals surface area (Å²) >= 11 is 0. The molecule has 0 saturated heterocycles. The number of allylic oxidation sites excluding steroid dienone is 3. The van der Waals surface area contributed by atoms with Crippen LogP contribution in [-0.2, 0) is 0 Å². The first kappa shape index (κ1) is 14.9. The van der Waals surface area contributed by atoms with Crippen LogP contribution in [0.3, 0.4) is 0 Å². The summed E-state index contributed by atoms with van der Waals surface area (Å²) in [7, 11) is 0. The van der Waals surface area contributed by atoms with E-state index >= 15 is 0 Å². The van der Waals surface area contributed by atoms with Crippen LogP contribution in [0.1, 0.15) is 59.3 Å². The molecule has 0 aliphatic heterocycles. The van der Waals surface area contributed by atoms with Crippen molar-refractivity contribution in [2.45, 2.75) is 65.4 Å². The molecular formula is C20H28O. The van der Waals surface area contributed by atoms with Gasteiger partial charge in [-0.15, -0.1) is 12.3 Å². The molecule has 0 radical (unpaired) electrons. The number of hydrogen-bond donors (Lipinski definition) is 1. The van der Waals surface area contributed by atoms with Gasteiger partial charge in [-0.3, -0.25) is 0 Å². The highest BCUT2D eigenvalue weighted by atomic mass is 16.3. The molecule has 3 rings (SSSR count). The Labute approximate surface area is 129 Å². The molecule has 0 unspecified atom stereocenters. The summed E-state index contributed by atoms with van der Waals surface area (Å²) in [5, 5.41) is 10.5. The lowest BCUT2D eigenvalue weighted by Gasteiger charge is -2.55. The number of terminal acetylenes is 1. The van der Waals surface area contributed by atoms with Crippen LogP contribution in [0.25, 0.3) is 0 Å². The molecule has 0 aromatic rings. The van der Waals surface area contributed by atoms with Gasteiger partial charge < -0.3 is 5.11 Å². The normalized spacial score (nSPS) is 41.2. The molecule has 1 N–H and O–H groups in total. The summed E-state index contributed by atoms with van der Waals surface area (Å²) in [6.45, 7) is 7.29. The van der Waals surface area contributed by atoms with E-state index in [9.17, 15) is 5.11 Å². The Kier molecular flexibility index (Phi) is 3.57. The fourth-order valence-electron chi connectivity index (χ4n) is 5.31. The number of rotatable bonds is 1. The Bertz CT molecular complexity index is 531. The molecule has 1 heteroatoms. The number of hydrogen-bond acceptors (Lipinski definition) is 1. The Balaban J connectivity index is 1.99. The van der Waals surface area contributed by atoms with Gasteiger partial charge in [-0.25, -0.2) is 0 Å². The lowest BCUT2D eigenvalue weighted by atomic mass is 9.49. The maximum Gasteiger partial charge on any atom is 0.0767 e. The lowest BCUT2D eigenvalue weighted by Crippen LogP contribution is -2.46. The van der Waals surface area contributed by atoms with Gasteiger partial charge in [0.1, 0.15) is 0 Å². The molecule has 3 aliphatic rings. The van der Waals surface area contributed by atoms with Crippen LogP contribution in [0.4, 0.5) is 0 Å². The quantitative estimate of drug-likeness (QED) is 0.704. The molecule has 114 valence electrons. The largest absolute Gasteiger partial charge is 0.389 e. The van der Waals surface area contributed by atoms with Crippen molar-refractivity contribution in [3.8, 4) is 12.3 Å². The Morgan fingerprint density at radius 3 is 2.81 bits per heavy atom. The Morgan fingerprint density at radius 1 is 1.33 bits per heavy atom. The summed E-state index contributed by atoms with van der Waals surface area (Å²) in [4.78, 5) is 0. The summed E-state index contributed by atoms with van der Waals surface area (Å²) in [5.41, 5.74) is 3.55. The van der Waals surface area contributed by atoms with E-state index in [-0.39, 0.29) is 17.4 Å². The number of aliphatic hydroxyl groups is 1. The van der Waals surface area contributed by atoms with Crippen molar-refractivity contribution in [2.24, 2.45) is 22.7 Å². The maximum atomic E-state index is 10.5. The molecule has 0 aromatic heterocycles. The van der Waals surface area contributed by atoms with Crippen molar-refractivity contribution in [2.75, 3.05) is 0 Å². The van der Waals surface area contributed by atoms with Crippen molar-refractivity contribution in [3.05, 3.63) is 23.3 Å². The van der Waals surface area contributed by atoms with E-state index in [1.165, 1.54) is 36.8 Å².